The minimum Gasteiger partial charge on any atom is -0.497 e. The Balaban J connectivity index is 1.38. The van der Waals surface area contributed by atoms with E-state index in [2.05, 4.69) is 20.3 Å². The van der Waals surface area contributed by atoms with Crippen LogP contribution in [0, 0.1) is 6.92 Å². The Bertz CT molecular complexity index is 1210. The highest BCUT2D eigenvalue weighted by molar-refractivity contribution is 5.79. The molecule has 0 aliphatic carbocycles. The maximum Gasteiger partial charge on any atom is 0.258 e. The number of nitrogens with one attached hydrogen (secondary N) is 1. The first kappa shape index (κ1) is 22.0. The molecule has 33 heavy (non-hydrogen) atoms. The fourth-order valence-electron chi connectivity index (χ4n) is 3.25. The fourth-order valence-corrected chi connectivity index (χ4v) is 3.25. The van der Waals surface area contributed by atoms with E-state index >= 15 is 0 Å². The van der Waals surface area contributed by atoms with Crippen LogP contribution in [0.2, 0.25) is 0 Å². The third-order valence-electron chi connectivity index (χ3n) is 5.00. The predicted octanol–water partition coefficient (Wildman–Crippen LogP) is 4.22. The quantitative estimate of drug-likeness (QED) is 0.442. The highest BCUT2D eigenvalue weighted by atomic mass is 16.5. The topological polar surface area (TPSA) is 86.2 Å². The number of benzene rings is 2. The Morgan fingerprint density at radius 3 is 2.39 bits per heavy atom. The normalized spacial score (nSPS) is 10.5. The summed E-state index contributed by atoms with van der Waals surface area (Å²) in [6.07, 6.45) is 3.56. The van der Waals surface area contributed by atoms with Crippen molar-refractivity contribution in [3.8, 4) is 34.0 Å². The lowest BCUT2D eigenvalue weighted by Crippen LogP contribution is -2.28. The summed E-state index contributed by atoms with van der Waals surface area (Å²) in [6, 6.07) is 20.8. The van der Waals surface area contributed by atoms with Crippen LogP contribution in [0.3, 0.4) is 0 Å². The number of ether oxygens (including phenoxy) is 2. The van der Waals surface area contributed by atoms with Crippen LogP contribution in [-0.2, 0) is 11.3 Å². The molecule has 7 heteroatoms. The second-order valence-corrected chi connectivity index (χ2v) is 7.33. The summed E-state index contributed by atoms with van der Waals surface area (Å²) in [4.78, 5) is 25.6. The third-order valence-corrected chi connectivity index (χ3v) is 5.00. The van der Waals surface area contributed by atoms with Crippen molar-refractivity contribution in [2.45, 2.75) is 13.5 Å². The second-order valence-electron chi connectivity index (χ2n) is 7.33. The van der Waals surface area contributed by atoms with Crippen LogP contribution in [0.1, 0.15) is 11.4 Å². The van der Waals surface area contributed by atoms with E-state index in [0.29, 0.717) is 18.1 Å². The monoisotopic (exact) mass is 440 g/mol. The highest BCUT2D eigenvalue weighted by Gasteiger charge is 2.12. The van der Waals surface area contributed by atoms with Gasteiger partial charge in [-0.3, -0.25) is 9.78 Å². The average molecular weight is 441 g/mol. The van der Waals surface area contributed by atoms with E-state index < -0.39 is 0 Å². The molecule has 4 rings (SSSR count). The molecule has 0 aliphatic heterocycles. The summed E-state index contributed by atoms with van der Waals surface area (Å²) >= 11 is 0. The van der Waals surface area contributed by atoms with E-state index in [0.717, 1.165) is 33.8 Å². The van der Waals surface area contributed by atoms with Gasteiger partial charge in [-0.15, -0.1) is 0 Å². The molecule has 0 saturated heterocycles. The van der Waals surface area contributed by atoms with Crippen LogP contribution >= 0.6 is 0 Å². The molecular formula is C26H24N4O3. The van der Waals surface area contributed by atoms with E-state index in [1.165, 1.54) is 0 Å². The van der Waals surface area contributed by atoms with Crippen molar-refractivity contribution in [3.05, 3.63) is 90.5 Å². The number of rotatable bonds is 8. The lowest BCUT2D eigenvalue weighted by atomic mass is 10.0. The van der Waals surface area contributed by atoms with Gasteiger partial charge < -0.3 is 14.8 Å². The SMILES string of the molecule is COc1ccc(OCC(=O)NCc2ccc(-c3nc(C)ncc3-c3ccccn3)cc2)cc1. The molecule has 0 atom stereocenters. The largest absolute Gasteiger partial charge is 0.497 e. The van der Waals surface area contributed by atoms with Crippen molar-refractivity contribution < 1.29 is 14.3 Å². The predicted molar refractivity (Wildman–Crippen MR) is 126 cm³/mol. The second kappa shape index (κ2) is 10.4. The minimum absolute atomic E-state index is 0.0575. The first-order chi connectivity index (χ1) is 16.1. The van der Waals surface area contributed by atoms with Crippen LogP contribution in [0.4, 0.5) is 0 Å². The number of amides is 1. The van der Waals surface area contributed by atoms with E-state index in [1.807, 2.05) is 49.4 Å². The van der Waals surface area contributed by atoms with Gasteiger partial charge >= 0.3 is 0 Å². The molecule has 0 fully saturated rings. The molecule has 0 saturated carbocycles. The lowest BCUT2D eigenvalue weighted by molar-refractivity contribution is -0.123. The summed E-state index contributed by atoms with van der Waals surface area (Å²) in [5.74, 6) is 1.84. The number of aryl methyl sites for hydroxylation is 1. The molecular weight excluding hydrogens is 416 g/mol. The number of hydrogen-bond donors (Lipinski definition) is 1. The Kier molecular flexibility index (Phi) is 6.90. The van der Waals surface area contributed by atoms with Gasteiger partial charge in [0, 0.05) is 30.1 Å². The first-order valence-electron chi connectivity index (χ1n) is 10.5. The summed E-state index contributed by atoms with van der Waals surface area (Å²) in [7, 11) is 1.60. The molecule has 0 unspecified atom stereocenters. The van der Waals surface area contributed by atoms with Gasteiger partial charge in [0.2, 0.25) is 0 Å². The molecule has 166 valence electrons. The number of carbonyl (C=O) groups excluding carboxylic acids is 1. The van der Waals surface area contributed by atoms with Gasteiger partial charge in [-0.2, -0.15) is 0 Å². The average Bonchev–Trinajstić information content (AvgIpc) is 2.87. The summed E-state index contributed by atoms with van der Waals surface area (Å²) in [5, 5.41) is 2.87. The molecule has 2 aromatic heterocycles. The van der Waals surface area contributed by atoms with Crippen LogP contribution in [-0.4, -0.2) is 34.6 Å². The van der Waals surface area contributed by atoms with Crippen LogP contribution < -0.4 is 14.8 Å². The number of aromatic nitrogens is 3. The number of hydrogen-bond acceptors (Lipinski definition) is 6. The van der Waals surface area contributed by atoms with Crippen molar-refractivity contribution in [2.24, 2.45) is 0 Å². The molecule has 1 N–H and O–H groups in total. The van der Waals surface area contributed by atoms with E-state index in [-0.39, 0.29) is 12.5 Å². The lowest BCUT2D eigenvalue weighted by Gasteiger charge is -2.11. The molecule has 1 amide bonds. The highest BCUT2D eigenvalue weighted by Crippen LogP contribution is 2.29. The first-order valence-corrected chi connectivity index (χ1v) is 10.5. The molecule has 0 radical (unpaired) electrons. The molecule has 4 aromatic rings. The zero-order valence-electron chi connectivity index (χ0n) is 18.5. The van der Waals surface area contributed by atoms with Gasteiger partial charge in [0.15, 0.2) is 6.61 Å². The van der Waals surface area contributed by atoms with Crippen molar-refractivity contribution in [1.29, 1.82) is 0 Å². The zero-order valence-corrected chi connectivity index (χ0v) is 18.5. The number of nitrogens with zero attached hydrogens (tertiary/aromatic N) is 3. The maximum atomic E-state index is 12.2. The van der Waals surface area contributed by atoms with Crippen molar-refractivity contribution in [3.63, 3.8) is 0 Å². The van der Waals surface area contributed by atoms with Crippen molar-refractivity contribution in [2.75, 3.05) is 13.7 Å². The number of carbonyl (C=O) groups is 1. The molecule has 0 spiro atoms. The standard InChI is InChI=1S/C26H24N4O3/c1-18-28-16-23(24-5-3-4-14-27-24)26(30-18)20-8-6-19(7-9-20)15-29-25(31)17-33-22-12-10-21(32-2)11-13-22/h3-14,16H,15,17H2,1-2H3,(H,29,31). The fraction of sp³-hybridized carbons (Fsp3) is 0.154. The smallest absolute Gasteiger partial charge is 0.258 e. The molecule has 2 heterocycles. The van der Waals surface area contributed by atoms with Gasteiger partial charge in [0.1, 0.15) is 17.3 Å². The number of pyridine rings is 1. The van der Waals surface area contributed by atoms with Gasteiger partial charge in [0.05, 0.1) is 18.5 Å². The Morgan fingerprint density at radius 1 is 0.939 bits per heavy atom. The zero-order chi connectivity index (χ0) is 23.0. The minimum atomic E-state index is -0.196. The van der Waals surface area contributed by atoms with Gasteiger partial charge in [-0.05, 0) is 48.9 Å². The van der Waals surface area contributed by atoms with Crippen LogP contribution in [0.5, 0.6) is 11.5 Å². The maximum absolute atomic E-state index is 12.2. The van der Waals surface area contributed by atoms with E-state index in [1.54, 1.807) is 43.8 Å². The molecule has 0 aliphatic rings. The van der Waals surface area contributed by atoms with Crippen molar-refractivity contribution in [1.82, 2.24) is 20.3 Å². The van der Waals surface area contributed by atoms with Gasteiger partial charge in [-0.1, -0.05) is 30.3 Å². The summed E-state index contributed by atoms with van der Waals surface area (Å²) in [5.41, 5.74) is 4.45. The Hall–Kier alpha value is -4.26. The summed E-state index contributed by atoms with van der Waals surface area (Å²) < 4.78 is 10.6. The third kappa shape index (κ3) is 5.71. The molecule has 7 nitrogen and oxygen atoms in total. The summed E-state index contributed by atoms with van der Waals surface area (Å²) in [6.45, 7) is 2.21. The van der Waals surface area contributed by atoms with Gasteiger partial charge in [0.25, 0.3) is 5.91 Å². The molecule has 0 bridgehead atoms. The van der Waals surface area contributed by atoms with Gasteiger partial charge in [-0.25, -0.2) is 9.97 Å². The van der Waals surface area contributed by atoms with E-state index in [4.69, 9.17) is 9.47 Å². The van der Waals surface area contributed by atoms with Crippen LogP contribution in [0.25, 0.3) is 22.5 Å². The number of methoxy groups -OCH3 is 1. The van der Waals surface area contributed by atoms with Crippen LogP contribution in [0.15, 0.2) is 79.1 Å². The Morgan fingerprint density at radius 2 is 1.70 bits per heavy atom. The Labute approximate surface area is 192 Å². The molecule has 2 aromatic carbocycles. The van der Waals surface area contributed by atoms with E-state index in [9.17, 15) is 4.79 Å². The van der Waals surface area contributed by atoms with Crippen molar-refractivity contribution >= 4 is 5.91 Å².